The van der Waals surface area contributed by atoms with E-state index in [1.807, 2.05) is 6.92 Å². The van der Waals surface area contributed by atoms with Crippen molar-refractivity contribution in [1.29, 1.82) is 0 Å². The molecule has 0 aromatic heterocycles. The van der Waals surface area contributed by atoms with E-state index in [2.05, 4.69) is 5.32 Å². The molecule has 3 rings (SSSR count). The summed E-state index contributed by atoms with van der Waals surface area (Å²) in [6.45, 7) is 2.26. The van der Waals surface area contributed by atoms with Crippen LogP contribution >= 0.6 is 0 Å². The number of anilines is 1. The number of sulfonamides is 2. The molecule has 0 radical (unpaired) electrons. The highest BCUT2D eigenvalue weighted by atomic mass is 32.2. The van der Waals surface area contributed by atoms with Gasteiger partial charge in [-0.3, -0.25) is 4.79 Å². The lowest BCUT2D eigenvalue weighted by Gasteiger charge is -2.32. The van der Waals surface area contributed by atoms with E-state index in [0.717, 1.165) is 37.5 Å². The van der Waals surface area contributed by atoms with Crippen molar-refractivity contribution in [3.8, 4) is 0 Å². The lowest BCUT2D eigenvalue weighted by atomic mass is 10.1. The smallest absolute Gasteiger partial charge is 0.255 e. The molecule has 2 aromatic carbocycles. The topological polar surface area (TPSA) is 127 Å². The molecule has 30 heavy (non-hydrogen) atoms. The van der Waals surface area contributed by atoms with Crippen LogP contribution < -0.4 is 10.5 Å². The van der Waals surface area contributed by atoms with Gasteiger partial charge in [0, 0.05) is 23.8 Å². The molecule has 1 saturated heterocycles. The normalized spacial score (nSPS) is 18.2. The van der Waals surface area contributed by atoms with E-state index < -0.39 is 36.7 Å². The second-order valence-corrected chi connectivity index (χ2v) is 10.6. The number of nitrogens with zero attached hydrogens (tertiary/aromatic N) is 1. The van der Waals surface area contributed by atoms with Gasteiger partial charge >= 0.3 is 0 Å². The fraction of sp³-hybridized carbons (Fsp3) is 0.316. The highest BCUT2D eigenvalue weighted by molar-refractivity contribution is 7.89. The van der Waals surface area contributed by atoms with Gasteiger partial charge in [0.25, 0.3) is 5.91 Å². The average Bonchev–Trinajstić information content (AvgIpc) is 2.67. The highest BCUT2D eigenvalue weighted by Crippen LogP contribution is 2.26. The Balaban J connectivity index is 1.88. The molecule has 0 saturated carbocycles. The first-order valence-electron chi connectivity index (χ1n) is 9.25. The van der Waals surface area contributed by atoms with E-state index in [1.54, 1.807) is 0 Å². The number of benzene rings is 2. The van der Waals surface area contributed by atoms with Crippen LogP contribution in [0.5, 0.6) is 0 Å². The lowest BCUT2D eigenvalue weighted by molar-refractivity contribution is 0.102. The average molecular weight is 456 g/mol. The van der Waals surface area contributed by atoms with Crippen molar-refractivity contribution < 1.29 is 26.0 Å². The van der Waals surface area contributed by atoms with Gasteiger partial charge in [0.2, 0.25) is 20.0 Å². The molecule has 2 aromatic rings. The molecule has 0 aliphatic carbocycles. The lowest BCUT2D eigenvalue weighted by Crippen LogP contribution is -2.41. The maximum atomic E-state index is 13.7. The van der Waals surface area contributed by atoms with E-state index in [-0.39, 0.29) is 22.2 Å². The monoisotopic (exact) mass is 455 g/mol. The quantitative estimate of drug-likeness (QED) is 0.715. The van der Waals surface area contributed by atoms with E-state index in [4.69, 9.17) is 5.14 Å². The number of rotatable bonds is 5. The highest BCUT2D eigenvalue weighted by Gasteiger charge is 2.31. The summed E-state index contributed by atoms with van der Waals surface area (Å²) in [5, 5.41) is 7.38. The Labute approximate surface area is 175 Å². The number of primary sulfonamides is 1. The maximum absolute atomic E-state index is 13.7. The molecule has 1 fully saturated rings. The van der Waals surface area contributed by atoms with Gasteiger partial charge in [-0.05, 0) is 56.2 Å². The third kappa shape index (κ3) is 4.86. The van der Waals surface area contributed by atoms with Crippen LogP contribution in [0.1, 0.15) is 36.5 Å². The van der Waals surface area contributed by atoms with Gasteiger partial charge in [-0.1, -0.05) is 12.5 Å². The Bertz CT molecular complexity index is 1180. The standard InChI is InChI=1S/C19H22FN3O5S2/c1-13-5-2-3-8-23(13)30(27,28)17-7-4-6-14(9-17)19(24)22-16-10-15(20)11-18(12-16)29(21,25)26/h4,6-7,9-13H,2-3,5,8H2,1H3,(H,22,24)(H2,21,25,26). The second-order valence-electron chi connectivity index (χ2n) is 7.16. The molecule has 1 amide bonds. The van der Waals surface area contributed by atoms with Crippen LogP contribution in [0, 0.1) is 5.82 Å². The van der Waals surface area contributed by atoms with E-state index in [9.17, 15) is 26.0 Å². The first kappa shape index (κ1) is 22.3. The molecule has 8 nitrogen and oxygen atoms in total. The van der Waals surface area contributed by atoms with Crippen LogP contribution in [-0.4, -0.2) is 39.6 Å². The molecule has 1 heterocycles. The number of halogens is 1. The van der Waals surface area contributed by atoms with Gasteiger partial charge in [-0.2, -0.15) is 4.31 Å². The summed E-state index contributed by atoms with van der Waals surface area (Å²) in [5.74, 6) is -1.61. The molecule has 1 unspecified atom stereocenters. The zero-order valence-electron chi connectivity index (χ0n) is 16.2. The zero-order chi connectivity index (χ0) is 22.1. The molecule has 1 atom stereocenters. The Kier molecular flexibility index (Phi) is 6.27. The Morgan fingerprint density at radius 1 is 1.10 bits per heavy atom. The van der Waals surface area contributed by atoms with Gasteiger partial charge < -0.3 is 5.32 Å². The van der Waals surface area contributed by atoms with Crippen LogP contribution in [-0.2, 0) is 20.0 Å². The second kappa shape index (κ2) is 8.42. The zero-order valence-corrected chi connectivity index (χ0v) is 17.8. The number of piperidine rings is 1. The number of hydrogen-bond donors (Lipinski definition) is 2. The van der Waals surface area contributed by atoms with Crippen LogP contribution in [0.4, 0.5) is 10.1 Å². The molecule has 3 N–H and O–H groups in total. The minimum absolute atomic E-state index is 0.0200. The summed E-state index contributed by atoms with van der Waals surface area (Å²) in [5.41, 5.74) is -0.0934. The number of hydrogen-bond acceptors (Lipinski definition) is 5. The van der Waals surface area contributed by atoms with E-state index in [1.165, 1.54) is 28.6 Å². The first-order chi connectivity index (χ1) is 14.0. The molecule has 11 heteroatoms. The summed E-state index contributed by atoms with van der Waals surface area (Å²) in [7, 11) is -7.94. The summed E-state index contributed by atoms with van der Waals surface area (Å²) in [6, 6.07) is 8.06. The van der Waals surface area contributed by atoms with E-state index >= 15 is 0 Å². The molecule has 162 valence electrons. The molecular formula is C19H22FN3O5S2. The van der Waals surface area contributed by atoms with Crippen molar-refractivity contribution in [2.75, 3.05) is 11.9 Å². The molecule has 1 aliphatic heterocycles. The summed E-state index contributed by atoms with van der Waals surface area (Å²) < 4.78 is 64.0. The summed E-state index contributed by atoms with van der Waals surface area (Å²) in [4.78, 5) is 12.1. The Morgan fingerprint density at radius 3 is 2.50 bits per heavy atom. The Morgan fingerprint density at radius 2 is 1.83 bits per heavy atom. The summed E-state index contributed by atoms with van der Waals surface area (Å²) in [6.07, 6.45) is 2.50. The van der Waals surface area contributed by atoms with Crippen LogP contribution in [0.25, 0.3) is 0 Å². The van der Waals surface area contributed by atoms with Crippen LogP contribution in [0.3, 0.4) is 0 Å². The summed E-state index contributed by atoms with van der Waals surface area (Å²) >= 11 is 0. The van der Waals surface area contributed by atoms with Crippen molar-refractivity contribution >= 4 is 31.6 Å². The minimum Gasteiger partial charge on any atom is -0.322 e. The first-order valence-corrected chi connectivity index (χ1v) is 12.2. The van der Waals surface area contributed by atoms with Gasteiger partial charge in [0.15, 0.2) is 0 Å². The SMILES string of the molecule is CC1CCCCN1S(=O)(=O)c1cccc(C(=O)Nc2cc(F)cc(S(N)(=O)=O)c2)c1. The van der Waals surface area contributed by atoms with Crippen molar-refractivity contribution in [3.05, 3.63) is 53.8 Å². The van der Waals surface area contributed by atoms with Crippen molar-refractivity contribution in [1.82, 2.24) is 4.31 Å². The van der Waals surface area contributed by atoms with Crippen molar-refractivity contribution in [3.63, 3.8) is 0 Å². The van der Waals surface area contributed by atoms with Crippen LogP contribution in [0.15, 0.2) is 52.3 Å². The maximum Gasteiger partial charge on any atom is 0.255 e. The largest absolute Gasteiger partial charge is 0.322 e. The van der Waals surface area contributed by atoms with Crippen molar-refractivity contribution in [2.45, 2.75) is 42.0 Å². The predicted molar refractivity (Wildman–Crippen MR) is 109 cm³/mol. The van der Waals surface area contributed by atoms with Gasteiger partial charge in [0.1, 0.15) is 5.82 Å². The number of carbonyl (C=O) groups excluding carboxylic acids is 1. The van der Waals surface area contributed by atoms with E-state index in [0.29, 0.717) is 6.54 Å². The molecule has 0 bridgehead atoms. The predicted octanol–water partition coefficient (Wildman–Crippen LogP) is 2.29. The molecule has 1 aliphatic rings. The molecule has 0 spiro atoms. The number of amides is 1. The molecular weight excluding hydrogens is 433 g/mol. The van der Waals surface area contributed by atoms with Crippen molar-refractivity contribution in [2.24, 2.45) is 5.14 Å². The van der Waals surface area contributed by atoms with Crippen LogP contribution in [0.2, 0.25) is 0 Å². The number of carbonyl (C=O) groups is 1. The van der Waals surface area contributed by atoms with Gasteiger partial charge in [-0.25, -0.2) is 26.4 Å². The third-order valence-electron chi connectivity index (χ3n) is 4.90. The Hall–Kier alpha value is -2.34. The fourth-order valence-corrected chi connectivity index (χ4v) is 5.68. The number of nitrogens with one attached hydrogen (secondary N) is 1. The minimum atomic E-state index is -4.17. The van der Waals surface area contributed by atoms with Gasteiger partial charge in [-0.15, -0.1) is 0 Å². The third-order valence-corrected chi connectivity index (χ3v) is 7.80. The number of nitrogens with two attached hydrogens (primary N) is 1. The van der Waals surface area contributed by atoms with Gasteiger partial charge in [0.05, 0.1) is 9.79 Å². The fourth-order valence-electron chi connectivity index (χ4n) is 3.36.